The Morgan fingerprint density at radius 2 is 2.00 bits per heavy atom. The Morgan fingerprint density at radius 1 is 1.27 bits per heavy atom. The van der Waals surface area contributed by atoms with Crippen molar-refractivity contribution in [3.8, 4) is 0 Å². The fourth-order valence-corrected chi connectivity index (χ4v) is 1.29. The third-order valence-electron chi connectivity index (χ3n) is 1.89. The molecule has 0 bridgehead atoms. The summed E-state index contributed by atoms with van der Waals surface area (Å²) in [6, 6.07) is 0. The van der Waals surface area contributed by atoms with E-state index in [2.05, 4.69) is 10.5 Å². The average Bonchev–Trinajstić information content (AvgIpc) is 2.07. The van der Waals surface area contributed by atoms with Gasteiger partial charge in [0.15, 0.2) is 0 Å². The Morgan fingerprint density at radius 3 is 2.64 bits per heavy atom. The molecule has 1 aliphatic rings. The molecule has 0 saturated heterocycles. The zero-order valence-electron chi connectivity index (χ0n) is 6.84. The van der Waals surface area contributed by atoms with Crippen LogP contribution < -0.4 is 5.43 Å². The highest BCUT2D eigenvalue weighted by Crippen LogP contribution is 2.13. The molecule has 0 spiro atoms. The lowest BCUT2D eigenvalue weighted by Gasteiger charge is -2.11. The molecule has 3 heteroatoms. The van der Waals surface area contributed by atoms with Crippen LogP contribution in [-0.2, 0) is 0 Å². The van der Waals surface area contributed by atoms with E-state index in [4.69, 9.17) is 5.11 Å². The first kappa shape index (κ1) is 8.53. The monoisotopic (exact) mass is 156 g/mol. The van der Waals surface area contributed by atoms with Crippen molar-refractivity contribution in [1.82, 2.24) is 5.43 Å². The van der Waals surface area contributed by atoms with Crippen LogP contribution in [0.1, 0.15) is 32.1 Å². The highest BCUT2D eigenvalue weighted by atomic mass is 16.3. The van der Waals surface area contributed by atoms with Crippen molar-refractivity contribution in [3.05, 3.63) is 0 Å². The molecule has 0 atom stereocenters. The fraction of sp³-hybridized carbons (Fsp3) is 0.875. The number of hydrazone groups is 1. The van der Waals surface area contributed by atoms with Crippen LogP contribution in [0.2, 0.25) is 0 Å². The number of aliphatic hydroxyl groups excluding tert-OH is 1. The largest absolute Gasteiger partial charge is 0.394 e. The summed E-state index contributed by atoms with van der Waals surface area (Å²) in [6.45, 7) is 0.736. The first-order valence-corrected chi connectivity index (χ1v) is 4.32. The third kappa shape index (κ3) is 3.37. The van der Waals surface area contributed by atoms with Gasteiger partial charge < -0.3 is 10.5 Å². The summed E-state index contributed by atoms with van der Waals surface area (Å²) in [4.78, 5) is 0. The van der Waals surface area contributed by atoms with Crippen LogP contribution in [0, 0.1) is 0 Å². The van der Waals surface area contributed by atoms with E-state index in [0.29, 0.717) is 6.54 Å². The topological polar surface area (TPSA) is 44.6 Å². The summed E-state index contributed by atoms with van der Waals surface area (Å²) in [7, 11) is 0. The number of hydrogen-bond donors (Lipinski definition) is 2. The molecule has 0 aromatic rings. The molecule has 0 aromatic carbocycles. The van der Waals surface area contributed by atoms with Crippen LogP contribution in [0.5, 0.6) is 0 Å². The number of nitrogens with one attached hydrogen (secondary N) is 1. The maximum atomic E-state index is 8.46. The molecule has 1 aliphatic carbocycles. The van der Waals surface area contributed by atoms with E-state index in [0.717, 1.165) is 12.8 Å². The SMILES string of the molecule is OCCNN=C1CCCCC1. The molecule has 0 unspecified atom stereocenters. The number of rotatable bonds is 3. The second-order valence-electron chi connectivity index (χ2n) is 2.87. The normalized spacial score (nSPS) is 18.1. The second kappa shape index (κ2) is 5.13. The molecule has 0 heterocycles. The van der Waals surface area contributed by atoms with Gasteiger partial charge >= 0.3 is 0 Å². The van der Waals surface area contributed by atoms with Gasteiger partial charge in [0.1, 0.15) is 0 Å². The van der Waals surface area contributed by atoms with Gasteiger partial charge in [-0.3, -0.25) is 0 Å². The van der Waals surface area contributed by atoms with E-state index < -0.39 is 0 Å². The third-order valence-corrected chi connectivity index (χ3v) is 1.89. The molecule has 1 saturated carbocycles. The zero-order valence-corrected chi connectivity index (χ0v) is 6.84. The smallest absolute Gasteiger partial charge is 0.0620 e. The van der Waals surface area contributed by atoms with Crippen LogP contribution in [0.4, 0.5) is 0 Å². The Balaban J connectivity index is 2.15. The van der Waals surface area contributed by atoms with Gasteiger partial charge in [-0.25, -0.2) is 0 Å². The maximum absolute atomic E-state index is 8.46. The van der Waals surface area contributed by atoms with Gasteiger partial charge in [0, 0.05) is 5.71 Å². The molecule has 0 aliphatic heterocycles. The van der Waals surface area contributed by atoms with Crippen molar-refractivity contribution in [2.24, 2.45) is 5.10 Å². The van der Waals surface area contributed by atoms with Crippen LogP contribution in [-0.4, -0.2) is 24.0 Å². The van der Waals surface area contributed by atoms with Crippen molar-refractivity contribution >= 4 is 5.71 Å². The van der Waals surface area contributed by atoms with Crippen LogP contribution in [0.25, 0.3) is 0 Å². The van der Waals surface area contributed by atoms with E-state index in [9.17, 15) is 0 Å². The highest BCUT2D eigenvalue weighted by molar-refractivity contribution is 5.84. The molecule has 2 N–H and O–H groups in total. The second-order valence-corrected chi connectivity index (χ2v) is 2.87. The first-order chi connectivity index (χ1) is 5.43. The Hall–Kier alpha value is -0.570. The average molecular weight is 156 g/mol. The van der Waals surface area contributed by atoms with E-state index in [1.165, 1.54) is 25.0 Å². The molecule has 1 fully saturated rings. The summed E-state index contributed by atoms with van der Waals surface area (Å²) in [5, 5.41) is 12.6. The summed E-state index contributed by atoms with van der Waals surface area (Å²) in [6.07, 6.45) is 6.18. The Labute approximate surface area is 67.5 Å². The number of nitrogens with zero attached hydrogens (tertiary/aromatic N) is 1. The molecule has 0 aromatic heterocycles. The highest BCUT2D eigenvalue weighted by Gasteiger charge is 2.05. The molecule has 64 valence electrons. The Kier molecular flexibility index (Phi) is 3.98. The molecule has 11 heavy (non-hydrogen) atoms. The van der Waals surface area contributed by atoms with Crippen LogP contribution in [0.3, 0.4) is 0 Å². The number of aliphatic hydroxyl groups is 1. The van der Waals surface area contributed by atoms with E-state index in [-0.39, 0.29) is 6.61 Å². The molecule has 1 rings (SSSR count). The summed E-state index contributed by atoms with van der Waals surface area (Å²) < 4.78 is 0. The lowest BCUT2D eigenvalue weighted by Crippen LogP contribution is -2.16. The minimum Gasteiger partial charge on any atom is -0.394 e. The first-order valence-electron chi connectivity index (χ1n) is 4.32. The van der Waals surface area contributed by atoms with Crippen molar-refractivity contribution in [2.45, 2.75) is 32.1 Å². The quantitative estimate of drug-likeness (QED) is 0.471. The van der Waals surface area contributed by atoms with E-state index in [1.807, 2.05) is 0 Å². The van der Waals surface area contributed by atoms with Gasteiger partial charge in [0.2, 0.25) is 0 Å². The van der Waals surface area contributed by atoms with Gasteiger partial charge in [0.05, 0.1) is 13.2 Å². The van der Waals surface area contributed by atoms with E-state index >= 15 is 0 Å². The molecule has 0 radical (unpaired) electrons. The van der Waals surface area contributed by atoms with Crippen molar-refractivity contribution < 1.29 is 5.11 Å². The minimum atomic E-state index is 0.163. The Bertz CT molecular complexity index is 126. The maximum Gasteiger partial charge on any atom is 0.0620 e. The fourth-order valence-electron chi connectivity index (χ4n) is 1.29. The van der Waals surface area contributed by atoms with Crippen LogP contribution >= 0.6 is 0 Å². The van der Waals surface area contributed by atoms with E-state index in [1.54, 1.807) is 0 Å². The van der Waals surface area contributed by atoms with Gasteiger partial charge in [0.25, 0.3) is 0 Å². The minimum absolute atomic E-state index is 0.163. The predicted molar refractivity (Wildman–Crippen MR) is 45.6 cm³/mol. The molecule has 3 nitrogen and oxygen atoms in total. The van der Waals surface area contributed by atoms with Gasteiger partial charge in [-0.15, -0.1) is 0 Å². The zero-order chi connectivity index (χ0) is 7.94. The summed E-state index contributed by atoms with van der Waals surface area (Å²) in [5.41, 5.74) is 4.11. The van der Waals surface area contributed by atoms with Crippen molar-refractivity contribution in [1.29, 1.82) is 0 Å². The van der Waals surface area contributed by atoms with Gasteiger partial charge in [-0.2, -0.15) is 5.10 Å². The summed E-state index contributed by atoms with van der Waals surface area (Å²) >= 11 is 0. The summed E-state index contributed by atoms with van der Waals surface area (Å²) in [5.74, 6) is 0. The predicted octanol–water partition coefficient (Wildman–Crippen LogP) is 0.888. The van der Waals surface area contributed by atoms with Crippen molar-refractivity contribution in [3.63, 3.8) is 0 Å². The number of hydrogen-bond acceptors (Lipinski definition) is 3. The van der Waals surface area contributed by atoms with Crippen LogP contribution in [0.15, 0.2) is 5.10 Å². The van der Waals surface area contributed by atoms with Gasteiger partial charge in [-0.1, -0.05) is 6.42 Å². The standard InChI is InChI=1S/C8H16N2O/c11-7-6-9-10-8-4-2-1-3-5-8/h9,11H,1-7H2. The lowest BCUT2D eigenvalue weighted by molar-refractivity contribution is 0.293. The lowest BCUT2D eigenvalue weighted by atomic mass is 9.99. The molecular formula is C8H16N2O. The molecular weight excluding hydrogens is 140 g/mol. The van der Waals surface area contributed by atoms with Gasteiger partial charge in [-0.05, 0) is 25.7 Å². The van der Waals surface area contributed by atoms with Crippen molar-refractivity contribution in [2.75, 3.05) is 13.2 Å². The molecule has 0 amide bonds.